The van der Waals surface area contributed by atoms with Crippen molar-refractivity contribution in [3.05, 3.63) is 94.8 Å². The van der Waals surface area contributed by atoms with Crippen LogP contribution in [0.3, 0.4) is 0 Å². The molecule has 2 aromatic heterocycles. The molecule has 1 atom stereocenters. The van der Waals surface area contributed by atoms with Gasteiger partial charge >= 0.3 is 0 Å². The number of phenols is 1. The van der Waals surface area contributed by atoms with Gasteiger partial charge in [-0.3, -0.25) is 10.3 Å². The first-order chi connectivity index (χ1) is 13.1. The minimum absolute atomic E-state index is 0.165. The van der Waals surface area contributed by atoms with Crippen LogP contribution in [0.2, 0.25) is 5.02 Å². The van der Waals surface area contributed by atoms with E-state index in [0.717, 1.165) is 28.0 Å². The Morgan fingerprint density at radius 2 is 1.89 bits per heavy atom. The Bertz CT molecular complexity index is 1110. The molecule has 4 rings (SSSR count). The Balaban J connectivity index is 1.86. The van der Waals surface area contributed by atoms with E-state index in [1.54, 1.807) is 6.20 Å². The Morgan fingerprint density at radius 1 is 1.04 bits per heavy atom. The molecule has 3 N–H and O–H groups in total. The highest BCUT2D eigenvalue weighted by Gasteiger charge is 2.24. The predicted molar refractivity (Wildman–Crippen MR) is 108 cm³/mol. The van der Waals surface area contributed by atoms with Gasteiger partial charge in [-0.25, -0.2) is 4.98 Å². The molecule has 0 amide bonds. The molecule has 5 heteroatoms. The molecule has 2 aromatic carbocycles. The van der Waals surface area contributed by atoms with Gasteiger partial charge in [0.05, 0.1) is 5.69 Å². The molecule has 0 aliphatic rings. The second-order valence-electron chi connectivity index (χ2n) is 6.46. The monoisotopic (exact) mass is 376 g/mol. The highest BCUT2D eigenvalue weighted by Crippen LogP contribution is 2.36. The van der Waals surface area contributed by atoms with E-state index in [9.17, 15) is 5.11 Å². The molecule has 0 saturated carbocycles. The number of hydrogen-bond acceptors (Lipinski definition) is 3. The van der Waals surface area contributed by atoms with Crippen LogP contribution in [0.15, 0.2) is 72.9 Å². The van der Waals surface area contributed by atoms with Crippen molar-refractivity contribution in [2.45, 2.75) is 13.0 Å². The Morgan fingerprint density at radius 3 is 2.70 bits per heavy atom. The van der Waals surface area contributed by atoms with Gasteiger partial charge in [0.1, 0.15) is 17.3 Å². The number of halogens is 1. The third kappa shape index (κ3) is 3.57. The maximum absolute atomic E-state index is 10.9. The summed E-state index contributed by atoms with van der Waals surface area (Å²) in [4.78, 5) is 7.65. The van der Waals surface area contributed by atoms with Gasteiger partial charge in [0.2, 0.25) is 0 Å². The van der Waals surface area contributed by atoms with Crippen LogP contribution in [-0.4, -0.2) is 10.1 Å². The second kappa shape index (κ2) is 7.25. The van der Waals surface area contributed by atoms with E-state index in [1.165, 1.54) is 0 Å². The van der Waals surface area contributed by atoms with Crippen molar-refractivity contribution in [2.24, 2.45) is 0 Å². The average Bonchev–Trinajstić information content (AvgIpc) is 2.67. The van der Waals surface area contributed by atoms with Gasteiger partial charge in [0.15, 0.2) is 0 Å². The molecule has 4 aromatic rings. The number of H-pyrrole nitrogens is 1. The summed E-state index contributed by atoms with van der Waals surface area (Å²) < 4.78 is 0. The van der Waals surface area contributed by atoms with Crippen molar-refractivity contribution in [2.75, 3.05) is 5.32 Å². The summed E-state index contributed by atoms with van der Waals surface area (Å²) in [5.41, 5.74) is 3.30. The SMILES string of the molecule is Cc1cccc(N[C@@H](c2cccc(Cl)c2)c2ccc3cccnc3c2O)[nH+]1. The Kier molecular flexibility index (Phi) is 4.65. The van der Waals surface area contributed by atoms with Crippen LogP contribution in [0.1, 0.15) is 22.9 Å². The topological polar surface area (TPSA) is 59.3 Å². The maximum atomic E-state index is 10.9. The Labute approximate surface area is 162 Å². The zero-order chi connectivity index (χ0) is 18.8. The lowest BCUT2D eigenvalue weighted by atomic mass is 9.96. The molecular weight excluding hydrogens is 358 g/mol. The lowest BCUT2D eigenvalue weighted by molar-refractivity contribution is -0.371. The first-order valence-electron chi connectivity index (χ1n) is 8.69. The molecule has 0 saturated heterocycles. The quantitative estimate of drug-likeness (QED) is 0.531. The van der Waals surface area contributed by atoms with E-state index >= 15 is 0 Å². The molecule has 0 fully saturated rings. The van der Waals surface area contributed by atoms with Crippen LogP contribution in [-0.2, 0) is 0 Å². The minimum atomic E-state index is -0.298. The van der Waals surface area contributed by atoms with E-state index < -0.39 is 0 Å². The zero-order valence-corrected chi connectivity index (χ0v) is 15.5. The van der Waals surface area contributed by atoms with Crippen molar-refractivity contribution >= 4 is 28.3 Å². The van der Waals surface area contributed by atoms with E-state index in [0.29, 0.717) is 10.5 Å². The fourth-order valence-electron chi connectivity index (χ4n) is 3.23. The number of anilines is 1. The minimum Gasteiger partial charge on any atom is -0.505 e. The number of rotatable bonds is 4. The number of aromatic nitrogens is 2. The molecule has 134 valence electrons. The maximum Gasteiger partial charge on any atom is 0.273 e. The molecule has 27 heavy (non-hydrogen) atoms. The number of phenolic OH excluding ortho intramolecular Hbond substituents is 1. The van der Waals surface area contributed by atoms with Crippen LogP contribution in [0.4, 0.5) is 5.82 Å². The lowest BCUT2D eigenvalue weighted by Gasteiger charge is -2.18. The molecule has 0 unspecified atom stereocenters. The normalized spacial score (nSPS) is 12.1. The number of aromatic amines is 1. The largest absolute Gasteiger partial charge is 0.505 e. The number of fused-ring (bicyclic) bond motifs is 1. The van der Waals surface area contributed by atoms with Gasteiger partial charge in [0.25, 0.3) is 5.82 Å². The van der Waals surface area contributed by atoms with Crippen molar-refractivity contribution in [3.63, 3.8) is 0 Å². The molecule has 0 spiro atoms. The van der Waals surface area contributed by atoms with Crippen molar-refractivity contribution < 1.29 is 10.1 Å². The summed E-state index contributed by atoms with van der Waals surface area (Å²) in [5, 5.41) is 16.0. The Hall–Kier alpha value is -3.11. The predicted octanol–water partition coefficient (Wildman–Crippen LogP) is 4.92. The molecule has 0 radical (unpaired) electrons. The zero-order valence-electron chi connectivity index (χ0n) is 14.8. The molecule has 0 bridgehead atoms. The second-order valence-corrected chi connectivity index (χ2v) is 6.89. The van der Waals surface area contributed by atoms with E-state index in [1.807, 2.05) is 73.7 Å². The summed E-state index contributed by atoms with van der Waals surface area (Å²) in [7, 11) is 0. The van der Waals surface area contributed by atoms with Crippen LogP contribution in [0, 0.1) is 6.92 Å². The molecule has 2 heterocycles. The number of pyridine rings is 2. The van der Waals surface area contributed by atoms with E-state index in [4.69, 9.17) is 11.6 Å². The van der Waals surface area contributed by atoms with Gasteiger partial charge < -0.3 is 5.11 Å². The number of nitrogens with one attached hydrogen (secondary N) is 2. The van der Waals surface area contributed by atoms with Gasteiger partial charge in [-0.2, -0.15) is 0 Å². The number of benzene rings is 2. The fourth-order valence-corrected chi connectivity index (χ4v) is 3.43. The van der Waals surface area contributed by atoms with Crippen LogP contribution >= 0.6 is 11.6 Å². The highest BCUT2D eigenvalue weighted by atomic mass is 35.5. The number of aryl methyl sites for hydroxylation is 1. The van der Waals surface area contributed by atoms with Crippen LogP contribution in [0.25, 0.3) is 10.9 Å². The summed E-state index contributed by atoms with van der Waals surface area (Å²) in [5.74, 6) is 1.01. The van der Waals surface area contributed by atoms with Gasteiger partial charge in [-0.15, -0.1) is 0 Å². The highest BCUT2D eigenvalue weighted by molar-refractivity contribution is 6.30. The molecule has 4 nitrogen and oxygen atoms in total. The third-order valence-electron chi connectivity index (χ3n) is 4.51. The molecule has 0 aliphatic heterocycles. The van der Waals surface area contributed by atoms with Gasteiger partial charge in [-0.1, -0.05) is 41.9 Å². The van der Waals surface area contributed by atoms with E-state index in [2.05, 4.69) is 15.3 Å². The fraction of sp³-hybridized carbons (Fsp3) is 0.0909. The standard InChI is InChI=1S/C22H18ClN3O/c1-14-5-2-9-19(25-14)26-20(16-6-3-8-17(23)13-16)18-11-10-15-7-4-12-24-21(15)22(18)27/h2-13,20,27H,1H3,(H,25,26)/p+1/t20-/m0/s1. The summed E-state index contributed by atoms with van der Waals surface area (Å²) >= 11 is 6.23. The van der Waals surface area contributed by atoms with Crippen molar-refractivity contribution in [1.82, 2.24) is 4.98 Å². The van der Waals surface area contributed by atoms with Crippen LogP contribution in [0.5, 0.6) is 5.75 Å². The number of aromatic hydroxyl groups is 1. The summed E-state index contributed by atoms with van der Waals surface area (Å²) in [6.07, 6.45) is 1.68. The molecule has 0 aliphatic carbocycles. The van der Waals surface area contributed by atoms with Gasteiger partial charge in [0, 0.05) is 33.8 Å². The van der Waals surface area contributed by atoms with Crippen LogP contribution < -0.4 is 10.3 Å². The first-order valence-corrected chi connectivity index (χ1v) is 9.07. The van der Waals surface area contributed by atoms with Crippen molar-refractivity contribution in [3.8, 4) is 5.75 Å². The lowest BCUT2D eigenvalue weighted by Crippen LogP contribution is -2.20. The number of nitrogens with zero attached hydrogens (tertiary/aromatic N) is 1. The van der Waals surface area contributed by atoms with Gasteiger partial charge in [-0.05, 0) is 37.3 Å². The number of hydrogen-bond donors (Lipinski definition) is 2. The smallest absolute Gasteiger partial charge is 0.273 e. The third-order valence-corrected chi connectivity index (χ3v) is 4.75. The summed E-state index contributed by atoms with van der Waals surface area (Å²) in [6, 6.07) is 20.9. The average molecular weight is 377 g/mol. The van der Waals surface area contributed by atoms with E-state index in [-0.39, 0.29) is 11.8 Å². The molecular formula is C22H19ClN3O+. The van der Waals surface area contributed by atoms with Crippen molar-refractivity contribution in [1.29, 1.82) is 0 Å². The first kappa shape index (κ1) is 17.3. The summed E-state index contributed by atoms with van der Waals surface area (Å²) in [6.45, 7) is 2.00.